The molecule has 2 atom stereocenters. The highest BCUT2D eigenvalue weighted by molar-refractivity contribution is 5.91. The number of aliphatic hydroxyl groups is 1. The number of carbonyl (C=O) groups excluding carboxylic acids is 1. The van der Waals surface area contributed by atoms with E-state index < -0.39 is 11.8 Å². The average molecular weight is 354 g/mol. The highest BCUT2D eigenvalue weighted by Gasteiger charge is 2.19. The van der Waals surface area contributed by atoms with Crippen molar-refractivity contribution in [1.82, 2.24) is 5.32 Å². The lowest BCUT2D eigenvalue weighted by atomic mass is 10.0. The van der Waals surface area contributed by atoms with Crippen molar-refractivity contribution in [2.24, 2.45) is 5.92 Å². The normalized spacial score (nSPS) is 18.2. The number of nitrogens with one attached hydrogen (secondary N) is 2. The van der Waals surface area contributed by atoms with Gasteiger partial charge in [-0.3, -0.25) is 0 Å². The molecule has 0 saturated carbocycles. The molecule has 1 aliphatic rings. The van der Waals surface area contributed by atoms with Crippen molar-refractivity contribution in [2.45, 2.75) is 45.3 Å². The summed E-state index contributed by atoms with van der Waals surface area (Å²) < 4.78 is 24.8. The molecule has 3 N–H and O–H groups in total. The summed E-state index contributed by atoms with van der Waals surface area (Å²) in [6.07, 6.45) is 2.42. The Hall–Kier alpha value is -1.86. The number of urea groups is 1. The number of amides is 2. The predicted molar refractivity (Wildman–Crippen MR) is 93.4 cm³/mol. The minimum absolute atomic E-state index is 0.0150. The Morgan fingerprint density at radius 3 is 2.92 bits per heavy atom. The second kappa shape index (κ2) is 9.58. The monoisotopic (exact) mass is 354 g/mol. The van der Waals surface area contributed by atoms with Crippen molar-refractivity contribution in [2.75, 3.05) is 25.1 Å². The molecule has 2 amide bonds. The molecule has 0 aromatic heterocycles. The maximum absolute atomic E-state index is 13.6. The smallest absolute Gasteiger partial charge is 0.319 e. The summed E-state index contributed by atoms with van der Waals surface area (Å²) in [5, 5.41) is 14.5. The molecule has 0 bridgehead atoms. The molecular weight excluding hydrogens is 327 g/mol. The van der Waals surface area contributed by atoms with Gasteiger partial charge in [0.15, 0.2) is 0 Å². The Morgan fingerprint density at radius 2 is 2.28 bits per heavy atom. The Bertz CT molecular complexity index is 562. The van der Waals surface area contributed by atoms with Gasteiger partial charge in [0.1, 0.15) is 18.2 Å². The molecule has 1 heterocycles. The van der Waals surface area contributed by atoms with Crippen molar-refractivity contribution < 1.29 is 23.8 Å². The first-order chi connectivity index (χ1) is 12.0. The van der Waals surface area contributed by atoms with Crippen molar-refractivity contribution in [3.8, 4) is 5.75 Å². The lowest BCUT2D eigenvalue weighted by Gasteiger charge is -2.22. The van der Waals surface area contributed by atoms with E-state index in [0.717, 1.165) is 19.4 Å². The van der Waals surface area contributed by atoms with Crippen LogP contribution in [0.25, 0.3) is 0 Å². The van der Waals surface area contributed by atoms with E-state index in [1.807, 2.05) is 13.8 Å². The molecule has 1 saturated heterocycles. The zero-order valence-corrected chi connectivity index (χ0v) is 14.8. The number of aliphatic hydroxyl groups excluding tert-OH is 1. The molecule has 1 aromatic carbocycles. The first kappa shape index (κ1) is 19.5. The Morgan fingerprint density at radius 1 is 1.48 bits per heavy atom. The fourth-order valence-corrected chi connectivity index (χ4v) is 2.72. The number of benzene rings is 1. The molecule has 25 heavy (non-hydrogen) atoms. The third-order valence-electron chi connectivity index (χ3n) is 4.20. The fourth-order valence-electron chi connectivity index (χ4n) is 2.72. The van der Waals surface area contributed by atoms with Gasteiger partial charge >= 0.3 is 6.03 Å². The third kappa shape index (κ3) is 6.17. The van der Waals surface area contributed by atoms with E-state index in [-0.39, 0.29) is 30.4 Å². The molecule has 0 aliphatic carbocycles. The van der Waals surface area contributed by atoms with E-state index in [9.17, 15) is 9.18 Å². The predicted octanol–water partition coefficient (Wildman–Crippen LogP) is 2.91. The molecule has 7 heteroatoms. The molecule has 1 fully saturated rings. The van der Waals surface area contributed by atoms with E-state index >= 15 is 0 Å². The van der Waals surface area contributed by atoms with Crippen LogP contribution in [0.2, 0.25) is 0 Å². The Kier molecular flexibility index (Phi) is 7.46. The molecule has 1 aliphatic heterocycles. The van der Waals surface area contributed by atoms with Crippen LogP contribution in [0.1, 0.15) is 33.1 Å². The summed E-state index contributed by atoms with van der Waals surface area (Å²) in [6.45, 7) is 4.99. The molecule has 0 unspecified atom stereocenters. The van der Waals surface area contributed by atoms with Crippen LogP contribution < -0.4 is 15.4 Å². The number of halogens is 1. The van der Waals surface area contributed by atoms with Crippen molar-refractivity contribution in [3.05, 3.63) is 24.0 Å². The second-order valence-electron chi connectivity index (χ2n) is 6.55. The molecule has 0 radical (unpaired) electrons. The van der Waals surface area contributed by atoms with Crippen molar-refractivity contribution in [1.29, 1.82) is 0 Å². The van der Waals surface area contributed by atoms with Gasteiger partial charge in [0.2, 0.25) is 0 Å². The van der Waals surface area contributed by atoms with Gasteiger partial charge in [-0.25, -0.2) is 9.18 Å². The van der Waals surface area contributed by atoms with Crippen molar-refractivity contribution in [3.63, 3.8) is 0 Å². The van der Waals surface area contributed by atoms with Crippen molar-refractivity contribution >= 4 is 11.7 Å². The lowest BCUT2D eigenvalue weighted by Crippen LogP contribution is -2.41. The lowest BCUT2D eigenvalue weighted by molar-refractivity contribution is 0.0682. The highest BCUT2D eigenvalue weighted by atomic mass is 19.1. The molecule has 6 nitrogen and oxygen atoms in total. The molecule has 2 rings (SSSR count). The third-order valence-corrected chi connectivity index (χ3v) is 4.20. The summed E-state index contributed by atoms with van der Waals surface area (Å²) >= 11 is 0. The molecular formula is C18H27FN2O4. The fraction of sp³-hybridized carbons (Fsp3) is 0.611. The van der Waals surface area contributed by atoms with Gasteiger partial charge < -0.3 is 25.2 Å². The van der Waals surface area contributed by atoms with Gasteiger partial charge in [-0.1, -0.05) is 13.8 Å². The van der Waals surface area contributed by atoms with Crippen LogP contribution in [0.5, 0.6) is 5.75 Å². The first-order valence-electron chi connectivity index (χ1n) is 8.72. The minimum atomic E-state index is -0.462. The Labute approximate surface area is 147 Å². The van der Waals surface area contributed by atoms with Gasteiger partial charge in [-0.15, -0.1) is 0 Å². The molecule has 1 aromatic rings. The molecule has 140 valence electrons. The van der Waals surface area contributed by atoms with Crippen LogP contribution >= 0.6 is 0 Å². The number of hydrogen-bond donors (Lipinski definition) is 3. The number of ether oxygens (including phenoxy) is 2. The van der Waals surface area contributed by atoms with Crippen LogP contribution in [-0.2, 0) is 4.74 Å². The summed E-state index contributed by atoms with van der Waals surface area (Å²) in [5.41, 5.74) is 0.266. The zero-order chi connectivity index (χ0) is 18.2. The zero-order valence-electron chi connectivity index (χ0n) is 14.8. The Balaban J connectivity index is 1.98. The summed E-state index contributed by atoms with van der Waals surface area (Å²) in [4.78, 5) is 12.2. The van der Waals surface area contributed by atoms with Crippen LogP contribution in [-0.4, -0.2) is 43.1 Å². The van der Waals surface area contributed by atoms with E-state index in [1.54, 1.807) is 0 Å². The van der Waals surface area contributed by atoms with E-state index in [4.69, 9.17) is 14.6 Å². The second-order valence-corrected chi connectivity index (χ2v) is 6.55. The highest BCUT2D eigenvalue weighted by Crippen LogP contribution is 2.26. The van der Waals surface area contributed by atoms with Gasteiger partial charge in [-0.2, -0.15) is 0 Å². The first-order valence-corrected chi connectivity index (χ1v) is 8.72. The van der Waals surface area contributed by atoms with Crippen LogP contribution in [0.15, 0.2) is 18.2 Å². The number of rotatable bonds is 8. The average Bonchev–Trinajstić information content (AvgIpc) is 3.07. The quantitative estimate of drug-likeness (QED) is 0.671. The standard InChI is InChI=1S/C18H27FN2O4/c1-12(2)15(7-8-22)20-18(23)21-16-10-13(19)5-6-17(16)25-11-14-4-3-9-24-14/h5-6,10,12,14-15,22H,3-4,7-9,11H2,1-2H3,(H2,20,21,23)/t14-,15+/m1/s1. The van der Waals surface area contributed by atoms with E-state index in [2.05, 4.69) is 10.6 Å². The topological polar surface area (TPSA) is 79.8 Å². The van der Waals surface area contributed by atoms with Gasteiger partial charge in [0.25, 0.3) is 0 Å². The SMILES string of the molecule is CC(C)[C@H](CCO)NC(=O)Nc1cc(F)ccc1OC[C@H]1CCCO1. The van der Waals surface area contributed by atoms with Crippen LogP contribution in [0.3, 0.4) is 0 Å². The van der Waals surface area contributed by atoms with Gasteiger partial charge in [-0.05, 0) is 37.3 Å². The number of anilines is 1. The maximum Gasteiger partial charge on any atom is 0.319 e. The minimum Gasteiger partial charge on any atom is -0.489 e. The van der Waals surface area contributed by atoms with Crippen LogP contribution in [0, 0.1) is 11.7 Å². The van der Waals surface area contributed by atoms with E-state index in [0.29, 0.717) is 18.8 Å². The maximum atomic E-state index is 13.6. The summed E-state index contributed by atoms with van der Waals surface area (Å²) in [7, 11) is 0. The van der Waals surface area contributed by atoms with Gasteiger partial charge in [0.05, 0.1) is 11.8 Å². The summed E-state index contributed by atoms with van der Waals surface area (Å²) in [6, 6.07) is 3.37. The molecule has 0 spiro atoms. The number of hydrogen-bond acceptors (Lipinski definition) is 4. The van der Waals surface area contributed by atoms with E-state index in [1.165, 1.54) is 18.2 Å². The summed E-state index contributed by atoms with van der Waals surface area (Å²) in [5.74, 6) is 0.103. The van der Waals surface area contributed by atoms with Crippen LogP contribution in [0.4, 0.5) is 14.9 Å². The number of carbonyl (C=O) groups is 1. The van der Waals surface area contributed by atoms with Gasteiger partial charge in [0, 0.05) is 25.3 Å². The largest absolute Gasteiger partial charge is 0.489 e.